The fourth-order valence-electron chi connectivity index (χ4n) is 2.21. The fourth-order valence-corrected chi connectivity index (χ4v) is 2.21. The Balaban J connectivity index is 0.00000176. The average Bonchev–Trinajstić information content (AvgIpc) is 2.98. The highest BCUT2D eigenvalue weighted by atomic mass is 35.5. The molecule has 0 aliphatic rings. The Morgan fingerprint density at radius 1 is 1.09 bits per heavy atom. The van der Waals surface area contributed by atoms with Gasteiger partial charge in [0.2, 0.25) is 0 Å². The lowest BCUT2D eigenvalue weighted by molar-refractivity contribution is 0.627. The van der Waals surface area contributed by atoms with Crippen molar-refractivity contribution < 1.29 is 4.39 Å². The van der Waals surface area contributed by atoms with Gasteiger partial charge in [-0.3, -0.25) is 0 Å². The van der Waals surface area contributed by atoms with Gasteiger partial charge in [0.1, 0.15) is 5.82 Å². The molecular weight excluding hydrogens is 301 g/mol. The zero-order valence-corrected chi connectivity index (χ0v) is 12.9. The van der Waals surface area contributed by atoms with Gasteiger partial charge in [-0.15, -0.1) is 12.4 Å². The predicted molar refractivity (Wildman–Crippen MR) is 88.8 cm³/mol. The lowest BCUT2D eigenvalue weighted by Gasteiger charge is -2.06. The minimum atomic E-state index is -0.254. The van der Waals surface area contributed by atoms with E-state index in [1.54, 1.807) is 23.0 Å². The van der Waals surface area contributed by atoms with Gasteiger partial charge in [0.15, 0.2) is 0 Å². The number of nitrogens with zero attached hydrogens (tertiary/aromatic N) is 2. The minimum absolute atomic E-state index is 0. The number of benzene rings is 2. The second-order valence-electron chi connectivity index (χ2n) is 5.06. The normalized spacial score (nSPS) is 11.8. The van der Waals surface area contributed by atoms with E-state index in [9.17, 15) is 4.39 Å². The predicted octanol–water partition coefficient (Wildman–Crippen LogP) is 4.12. The van der Waals surface area contributed by atoms with E-state index in [0.717, 1.165) is 22.4 Å². The molecule has 1 heterocycles. The first-order valence-corrected chi connectivity index (χ1v) is 6.80. The smallest absolute Gasteiger partial charge is 0.123 e. The Kier molecular flexibility index (Phi) is 4.96. The van der Waals surface area contributed by atoms with Crippen LogP contribution >= 0.6 is 12.4 Å². The molecule has 22 heavy (non-hydrogen) atoms. The topological polar surface area (TPSA) is 43.8 Å². The molecule has 114 valence electrons. The van der Waals surface area contributed by atoms with Crippen LogP contribution < -0.4 is 5.73 Å². The molecule has 0 aliphatic carbocycles. The molecule has 0 spiro atoms. The summed E-state index contributed by atoms with van der Waals surface area (Å²) in [5.41, 5.74) is 9.89. The van der Waals surface area contributed by atoms with Gasteiger partial charge >= 0.3 is 0 Å². The summed E-state index contributed by atoms with van der Waals surface area (Å²) < 4.78 is 14.7. The van der Waals surface area contributed by atoms with Crippen LogP contribution in [0.5, 0.6) is 0 Å². The third-order valence-corrected chi connectivity index (χ3v) is 3.42. The third kappa shape index (κ3) is 3.35. The Morgan fingerprint density at radius 3 is 2.50 bits per heavy atom. The molecule has 0 unspecified atom stereocenters. The number of halogens is 2. The number of hydrogen-bond acceptors (Lipinski definition) is 2. The highest BCUT2D eigenvalue weighted by Crippen LogP contribution is 2.23. The van der Waals surface area contributed by atoms with Crippen molar-refractivity contribution in [3.8, 4) is 16.8 Å². The van der Waals surface area contributed by atoms with Gasteiger partial charge in [-0.2, -0.15) is 5.10 Å². The summed E-state index contributed by atoms with van der Waals surface area (Å²) in [6.07, 6.45) is 3.72. The van der Waals surface area contributed by atoms with E-state index in [2.05, 4.69) is 11.2 Å². The molecule has 0 amide bonds. The first-order valence-electron chi connectivity index (χ1n) is 6.80. The molecule has 0 saturated carbocycles. The zero-order chi connectivity index (χ0) is 14.8. The number of hydrogen-bond donors (Lipinski definition) is 1. The van der Waals surface area contributed by atoms with Gasteiger partial charge in [-0.1, -0.05) is 18.2 Å². The van der Waals surface area contributed by atoms with Gasteiger partial charge in [-0.25, -0.2) is 9.07 Å². The van der Waals surface area contributed by atoms with Crippen LogP contribution in [0.1, 0.15) is 18.5 Å². The van der Waals surface area contributed by atoms with Gasteiger partial charge in [0, 0.05) is 17.8 Å². The highest BCUT2D eigenvalue weighted by molar-refractivity contribution is 5.85. The maximum Gasteiger partial charge on any atom is 0.123 e. The molecule has 1 atom stereocenters. The van der Waals surface area contributed by atoms with Crippen molar-refractivity contribution in [3.05, 3.63) is 72.3 Å². The van der Waals surface area contributed by atoms with Crippen LogP contribution in [0.4, 0.5) is 4.39 Å². The molecule has 0 aliphatic heterocycles. The Morgan fingerprint density at radius 2 is 1.82 bits per heavy atom. The highest BCUT2D eigenvalue weighted by Gasteiger charge is 2.06. The lowest BCUT2D eigenvalue weighted by Crippen LogP contribution is -2.04. The Hall–Kier alpha value is -2.17. The van der Waals surface area contributed by atoms with Crippen molar-refractivity contribution in [3.63, 3.8) is 0 Å². The molecule has 0 radical (unpaired) electrons. The molecule has 0 bridgehead atoms. The minimum Gasteiger partial charge on any atom is -0.324 e. The maximum atomic E-state index is 13.0. The van der Waals surface area contributed by atoms with Crippen molar-refractivity contribution in [2.75, 3.05) is 0 Å². The molecule has 5 heteroatoms. The lowest BCUT2D eigenvalue weighted by atomic mass is 10.0. The third-order valence-electron chi connectivity index (χ3n) is 3.42. The molecule has 0 saturated heterocycles. The van der Waals surface area contributed by atoms with Crippen molar-refractivity contribution in [2.45, 2.75) is 13.0 Å². The average molecular weight is 318 g/mol. The maximum absolute atomic E-state index is 13.0. The summed E-state index contributed by atoms with van der Waals surface area (Å²) >= 11 is 0. The van der Waals surface area contributed by atoms with E-state index < -0.39 is 0 Å². The molecule has 1 aromatic heterocycles. The molecule has 2 aromatic carbocycles. The van der Waals surface area contributed by atoms with Crippen LogP contribution in [-0.4, -0.2) is 9.78 Å². The van der Waals surface area contributed by atoms with Gasteiger partial charge in [0.25, 0.3) is 0 Å². The second-order valence-corrected chi connectivity index (χ2v) is 5.06. The quantitative estimate of drug-likeness (QED) is 0.789. The summed E-state index contributed by atoms with van der Waals surface area (Å²) in [5.74, 6) is -0.254. The standard InChI is InChI=1S/C17H16FN3.ClH/c1-12(19)13-3-2-4-14(9-13)15-10-20-21(11-15)17-7-5-16(18)6-8-17;/h2-12H,19H2,1H3;1H/t12-;/m0./s1. The zero-order valence-electron chi connectivity index (χ0n) is 12.1. The van der Waals surface area contributed by atoms with Crippen molar-refractivity contribution in [1.82, 2.24) is 9.78 Å². The van der Waals surface area contributed by atoms with Crippen molar-refractivity contribution in [1.29, 1.82) is 0 Å². The summed E-state index contributed by atoms with van der Waals surface area (Å²) in [5, 5.41) is 4.33. The number of aromatic nitrogens is 2. The van der Waals surface area contributed by atoms with Crippen molar-refractivity contribution >= 4 is 12.4 Å². The Bertz CT molecular complexity index is 751. The first-order chi connectivity index (χ1) is 10.1. The van der Waals surface area contributed by atoms with Crippen LogP contribution in [0.15, 0.2) is 60.9 Å². The fraction of sp³-hybridized carbons (Fsp3) is 0.118. The SMILES string of the molecule is C[C@H](N)c1cccc(-c2cnn(-c3ccc(F)cc3)c2)c1.Cl. The molecule has 2 N–H and O–H groups in total. The van der Waals surface area contributed by atoms with Crippen LogP contribution in [0.3, 0.4) is 0 Å². The van der Waals surface area contributed by atoms with E-state index in [1.165, 1.54) is 12.1 Å². The van der Waals surface area contributed by atoms with Gasteiger partial charge in [-0.05, 0) is 48.4 Å². The molecular formula is C17H17ClFN3. The van der Waals surface area contributed by atoms with Gasteiger partial charge < -0.3 is 5.73 Å². The summed E-state index contributed by atoms with van der Waals surface area (Å²) in [6.45, 7) is 1.96. The largest absolute Gasteiger partial charge is 0.324 e. The van der Waals surface area contributed by atoms with Crippen LogP contribution in [0.2, 0.25) is 0 Å². The number of nitrogens with two attached hydrogens (primary N) is 1. The summed E-state index contributed by atoms with van der Waals surface area (Å²) in [6, 6.07) is 14.3. The van der Waals surface area contributed by atoms with E-state index in [1.807, 2.05) is 31.3 Å². The van der Waals surface area contributed by atoms with E-state index in [4.69, 9.17) is 5.73 Å². The molecule has 3 rings (SSSR count). The van der Waals surface area contributed by atoms with E-state index in [-0.39, 0.29) is 24.3 Å². The summed E-state index contributed by atoms with van der Waals surface area (Å²) in [4.78, 5) is 0. The first kappa shape index (κ1) is 16.2. The van der Waals surface area contributed by atoms with Gasteiger partial charge in [0.05, 0.1) is 11.9 Å². The molecule has 3 nitrogen and oxygen atoms in total. The summed E-state index contributed by atoms with van der Waals surface area (Å²) in [7, 11) is 0. The molecule has 0 fully saturated rings. The van der Waals surface area contributed by atoms with E-state index >= 15 is 0 Å². The van der Waals surface area contributed by atoms with Crippen LogP contribution in [-0.2, 0) is 0 Å². The Labute approximate surface area is 135 Å². The van der Waals surface area contributed by atoms with Crippen LogP contribution in [0, 0.1) is 5.82 Å². The number of rotatable bonds is 3. The monoisotopic (exact) mass is 317 g/mol. The van der Waals surface area contributed by atoms with Crippen molar-refractivity contribution in [2.24, 2.45) is 5.73 Å². The van der Waals surface area contributed by atoms with E-state index in [0.29, 0.717) is 0 Å². The molecule has 3 aromatic rings. The second kappa shape index (κ2) is 6.73. The van der Waals surface area contributed by atoms with Crippen LogP contribution in [0.25, 0.3) is 16.8 Å².